The molecule has 1 aromatic carbocycles. The molecule has 0 saturated carbocycles. The molecule has 0 aliphatic heterocycles. The largest absolute Gasteiger partial charge is 0.327 e. The van der Waals surface area contributed by atoms with Crippen LogP contribution in [0.4, 0.5) is 5.69 Å². The summed E-state index contributed by atoms with van der Waals surface area (Å²) in [6, 6.07) is 4.75. The minimum Gasteiger partial charge on any atom is -0.327 e. The van der Waals surface area contributed by atoms with Gasteiger partial charge in [0.1, 0.15) is 0 Å². The number of nitrogens with zero attached hydrogens (tertiary/aromatic N) is 3. The first-order valence-corrected chi connectivity index (χ1v) is 7.07. The van der Waals surface area contributed by atoms with Crippen LogP contribution < -0.4 is 5.73 Å². The van der Waals surface area contributed by atoms with Gasteiger partial charge in [-0.05, 0) is 30.5 Å². The van der Waals surface area contributed by atoms with Crippen molar-refractivity contribution in [3.05, 3.63) is 56.9 Å². The molecule has 0 bridgehead atoms. The van der Waals surface area contributed by atoms with Crippen LogP contribution in [0.2, 0.25) is 5.02 Å². The fraction of sp³-hybridized carbons (Fsp3) is 0.357. The summed E-state index contributed by atoms with van der Waals surface area (Å²) in [5.74, 6) is 0. The zero-order valence-electron chi connectivity index (χ0n) is 11.7. The second-order valence-corrected chi connectivity index (χ2v) is 5.39. The van der Waals surface area contributed by atoms with Gasteiger partial charge in [-0.1, -0.05) is 18.5 Å². The fourth-order valence-electron chi connectivity index (χ4n) is 2.06. The average Bonchev–Trinajstić information content (AvgIpc) is 2.87. The number of hydrogen-bond donors (Lipinski definition) is 1. The van der Waals surface area contributed by atoms with Gasteiger partial charge in [0, 0.05) is 23.3 Å². The quantitative estimate of drug-likeness (QED) is 0.656. The van der Waals surface area contributed by atoms with E-state index in [1.165, 1.54) is 6.07 Å². The second kappa shape index (κ2) is 6.69. The van der Waals surface area contributed by atoms with E-state index in [4.69, 9.17) is 17.3 Å². The Balaban J connectivity index is 2.17. The van der Waals surface area contributed by atoms with E-state index in [9.17, 15) is 10.1 Å². The van der Waals surface area contributed by atoms with Gasteiger partial charge < -0.3 is 5.73 Å². The first kappa shape index (κ1) is 15.5. The molecule has 0 aliphatic carbocycles. The van der Waals surface area contributed by atoms with Crippen LogP contribution in [0.5, 0.6) is 0 Å². The van der Waals surface area contributed by atoms with E-state index in [0.29, 0.717) is 17.1 Å². The van der Waals surface area contributed by atoms with Crippen LogP contribution in [0, 0.1) is 10.1 Å². The van der Waals surface area contributed by atoms with Gasteiger partial charge in [-0.25, -0.2) is 0 Å². The minimum atomic E-state index is -0.432. The molecule has 0 saturated heterocycles. The molecule has 2 N–H and O–H groups in total. The number of halogens is 1. The summed E-state index contributed by atoms with van der Waals surface area (Å²) < 4.78 is 1.67. The number of aromatic nitrogens is 2. The Morgan fingerprint density at radius 1 is 1.52 bits per heavy atom. The number of nitro groups is 1. The Labute approximate surface area is 127 Å². The van der Waals surface area contributed by atoms with Crippen LogP contribution in [0.15, 0.2) is 30.6 Å². The van der Waals surface area contributed by atoms with E-state index in [2.05, 4.69) is 5.10 Å². The maximum atomic E-state index is 11.1. The van der Waals surface area contributed by atoms with Crippen molar-refractivity contribution >= 4 is 17.3 Å². The summed E-state index contributed by atoms with van der Waals surface area (Å²) in [6.07, 6.45) is 5.26. The van der Waals surface area contributed by atoms with E-state index >= 15 is 0 Å². The van der Waals surface area contributed by atoms with E-state index in [1.54, 1.807) is 23.0 Å². The van der Waals surface area contributed by atoms with Crippen molar-refractivity contribution in [2.24, 2.45) is 5.73 Å². The summed E-state index contributed by atoms with van der Waals surface area (Å²) in [5, 5.41) is 15.6. The lowest BCUT2D eigenvalue weighted by Crippen LogP contribution is -2.21. The van der Waals surface area contributed by atoms with Gasteiger partial charge in [0.2, 0.25) is 0 Å². The minimum absolute atomic E-state index is 0.00445. The molecule has 2 rings (SSSR count). The molecule has 21 heavy (non-hydrogen) atoms. The summed E-state index contributed by atoms with van der Waals surface area (Å²) in [5.41, 5.74) is 7.51. The molecule has 6 nitrogen and oxygen atoms in total. The number of nitrogens with two attached hydrogens (primary N) is 1. The molecular formula is C14H17ClN4O2. The molecule has 0 amide bonds. The molecule has 1 aromatic heterocycles. The molecule has 1 atom stereocenters. The topological polar surface area (TPSA) is 87.0 Å². The summed E-state index contributed by atoms with van der Waals surface area (Å²) in [7, 11) is 0. The average molecular weight is 309 g/mol. The summed E-state index contributed by atoms with van der Waals surface area (Å²) >= 11 is 5.80. The zero-order chi connectivity index (χ0) is 15.4. The normalized spacial score (nSPS) is 12.3. The van der Waals surface area contributed by atoms with Gasteiger partial charge in [-0.2, -0.15) is 5.10 Å². The molecule has 7 heteroatoms. The van der Waals surface area contributed by atoms with Crippen LogP contribution in [-0.2, 0) is 13.0 Å². The smallest absolute Gasteiger partial charge is 0.275 e. The predicted octanol–water partition coefficient (Wildman–Crippen LogP) is 2.77. The highest BCUT2D eigenvalue weighted by Gasteiger charge is 2.15. The standard InChI is InChI=1S/C14H17ClN4O2/c1-2-13(16)5-10-7-17-18(8-10)9-11-3-4-12(15)6-14(11)19(20)21/h3-4,6-8,13H,2,5,9,16H2,1H3. The number of nitro benzene ring substituents is 1. The van der Waals surface area contributed by atoms with Gasteiger partial charge in [0.25, 0.3) is 5.69 Å². The molecule has 0 aliphatic rings. The molecule has 1 unspecified atom stereocenters. The predicted molar refractivity (Wildman–Crippen MR) is 81.4 cm³/mol. The third-order valence-corrected chi connectivity index (χ3v) is 3.52. The van der Waals surface area contributed by atoms with Crippen LogP contribution in [0.25, 0.3) is 0 Å². The maximum absolute atomic E-state index is 11.1. The third kappa shape index (κ3) is 4.03. The molecular weight excluding hydrogens is 292 g/mol. The van der Waals surface area contributed by atoms with Gasteiger partial charge in [-0.15, -0.1) is 0 Å². The highest BCUT2D eigenvalue weighted by atomic mass is 35.5. The van der Waals surface area contributed by atoms with Crippen LogP contribution in [0.3, 0.4) is 0 Å². The van der Waals surface area contributed by atoms with E-state index in [-0.39, 0.29) is 11.7 Å². The summed E-state index contributed by atoms with van der Waals surface area (Å²) in [4.78, 5) is 10.6. The molecule has 112 valence electrons. The van der Waals surface area contributed by atoms with Crippen LogP contribution >= 0.6 is 11.6 Å². The Morgan fingerprint density at radius 3 is 2.95 bits per heavy atom. The van der Waals surface area contributed by atoms with Crippen molar-refractivity contribution in [3.8, 4) is 0 Å². The van der Waals surface area contributed by atoms with Crippen molar-refractivity contribution in [1.29, 1.82) is 0 Å². The fourth-order valence-corrected chi connectivity index (χ4v) is 2.23. The zero-order valence-corrected chi connectivity index (χ0v) is 12.5. The van der Waals surface area contributed by atoms with Crippen molar-refractivity contribution < 1.29 is 4.92 Å². The first-order chi connectivity index (χ1) is 9.99. The monoisotopic (exact) mass is 308 g/mol. The molecule has 2 aromatic rings. The molecule has 0 spiro atoms. The lowest BCUT2D eigenvalue weighted by atomic mass is 10.1. The Bertz CT molecular complexity index is 642. The second-order valence-electron chi connectivity index (χ2n) is 4.95. The van der Waals surface area contributed by atoms with Gasteiger partial charge in [0.15, 0.2) is 0 Å². The summed E-state index contributed by atoms with van der Waals surface area (Å²) in [6.45, 7) is 2.36. The van der Waals surface area contributed by atoms with Crippen molar-refractivity contribution in [2.75, 3.05) is 0 Å². The van der Waals surface area contributed by atoms with Gasteiger partial charge in [-0.3, -0.25) is 14.8 Å². The Kier molecular flexibility index (Phi) is 4.93. The number of hydrogen-bond acceptors (Lipinski definition) is 4. The van der Waals surface area contributed by atoms with Crippen LogP contribution in [0.1, 0.15) is 24.5 Å². The molecule has 0 radical (unpaired) electrons. The lowest BCUT2D eigenvalue weighted by Gasteiger charge is -2.06. The van der Waals surface area contributed by atoms with E-state index in [1.807, 2.05) is 13.1 Å². The Hall–Kier alpha value is -1.92. The highest BCUT2D eigenvalue weighted by Crippen LogP contribution is 2.24. The van der Waals surface area contributed by atoms with Crippen LogP contribution in [-0.4, -0.2) is 20.7 Å². The lowest BCUT2D eigenvalue weighted by molar-refractivity contribution is -0.385. The molecule has 0 fully saturated rings. The number of benzene rings is 1. The third-order valence-electron chi connectivity index (χ3n) is 3.29. The molecule has 1 heterocycles. The Morgan fingerprint density at radius 2 is 2.29 bits per heavy atom. The maximum Gasteiger partial charge on any atom is 0.275 e. The van der Waals surface area contributed by atoms with Crippen molar-refractivity contribution in [3.63, 3.8) is 0 Å². The van der Waals surface area contributed by atoms with Gasteiger partial charge in [0.05, 0.1) is 23.2 Å². The van der Waals surface area contributed by atoms with Crippen molar-refractivity contribution in [1.82, 2.24) is 9.78 Å². The first-order valence-electron chi connectivity index (χ1n) is 6.69. The SMILES string of the molecule is CCC(N)Cc1cnn(Cc2ccc(Cl)cc2[N+](=O)[O-])c1. The van der Waals surface area contributed by atoms with Gasteiger partial charge >= 0.3 is 0 Å². The van der Waals surface area contributed by atoms with Crippen molar-refractivity contribution in [2.45, 2.75) is 32.4 Å². The highest BCUT2D eigenvalue weighted by molar-refractivity contribution is 6.30. The van der Waals surface area contributed by atoms with E-state index in [0.717, 1.165) is 18.4 Å². The van der Waals surface area contributed by atoms with E-state index < -0.39 is 4.92 Å². The number of rotatable bonds is 6.